The van der Waals surface area contributed by atoms with Crippen molar-refractivity contribution in [2.24, 2.45) is 0 Å². The molecule has 1 aliphatic carbocycles. The Bertz CT molecular complexity index is 698. The van der Waals surface area contributed by atoms with Gasteiger partial charge in [-0.2, -0.15) is 18.4 Å². The van der Waals surface area contributed by atoms with Gasteiger partial charge in [-0.15, -0.1) is 0 Å². The van der Waals surface area contributed by atoms with Crippen molar-refractivity contribution in [1.29, 1.82) is 5.26 Å². The second-order valence-corrected chi connectivity index (χ2v) is 6.43. The molecule has 2 N–H and O–H groups in total. The Morgan fingerprint density at radius 1 is 1.29 bits per heavy atom. The van der Waals surface area contributed by atoms with Gasteiger partial charge in [0.1, 0.15) is 5.54 Å². The molecule has 0 aromatic rings. The van der Waals surface area contributed by atoms with Gasteiger partial charge in [0.2, 0.25) is 0 Å². The number of nitrogens with one attached hydrogen (secondary N) is 2. The van der Waals surface area contributed by atoms with Crippen molar-refractivity contribution in [3.63, 3.8) is 0 Å². The zero-order valence-corrected chi connectivity index (χ0v) is 13.5. The Labute approximate surface area is 142 Å². The number of halogens is 3. The molecular weight excluding hydrogens is 341 g/mol. The minimum atomic E-state index is -4.64. The van der Waals surface area contributed by atoms with Crippen LogP contribution in [0.1, 0.15) is 25.7 Å². The smallest absolute Gasteiger partial charge is 0.347 e. The maximum atomic E-state index is 13.2. The van der Waals surface area contributed by atoms with Gasteiger partial charge in [-0.3, -0.25) is 9.69 Å². The van der Waals surface area contributed by atoms with Crippen molar-refractivity contribution < 1.29 is 18.0 Å². The number of alkyl halides is 3. The molecule has 2 heterocycles. The van der Waals surface area contributed by atoms with Crippen molar-refractivity contribution in [2.75, 3.05) is 13.1 Å². The van der Waals surface area contributed by atoms with Gasteiger partial charge in [-0.05, 0) is 57.1 Å². The molecule has 0 bridgehead atoms. The number of carbonyl (C=O) groups is 1. The number of hydrogen-bond acceptors (Lipinski definition) is 4. The van der Waals surface area contributed by atoms with Crippen LogP contribution in [0.2, 0.25) is 0 Å². The monoisotopic (exact) mass is 356 g/mol. The first-order chi connectivity index (χ1) is 11.3. The Hall–Kier alpha value is -1.92. The topological polar surface area (TPSA) is 68.2 Å². The largest absolute Gasteiger partial charge is 0.417 e. The summed E-state index contributed by atoms with van der Waals surface area (Å²) in [6.07, 6.45) is -2.58. The lowest BCUT2D eigenvalue weighted by Gasteiger charge is -2.32. The fraction of sp³-hybridized carbons (Fsp3) is 0.533. The predicted octanol–water partition coefficient (Wildman–Crippen LogP) is 1.89. The molecule has 0 aromatic carbocycles. The molecule has 1 amide bonds. The summed E-state index contributed by atoms with van der Waals surface area (Å²) < 4.78 is 39.5. The molecule has 5 nitrogen and oxygen atoms in total. The summed E-state index contributed by atoms with van der Waals surface area (Å²) in [5, 5.41) is 15.2. The predicted molar refractivity (Wildman–Crippen MR) is 83.4 cm³/mol. The maximum Gasteiger partial charge on any atom is 0.417 e. The first-order valence-electron chi connectivity index (χ1n) is 7.57. The van der Waals surface area contributed by atoms with E-state index in [1.165, 1.54) is 4.90 Å². The summed E-state index contributed by atoms with van der Waals surface area (Å²) in [5.74, 6) is -0.304. The number of thiocarbonyl (C=S) groups is 1. The Morgan fingerprint density at radius 2 is 1.96 bits per heavy atom. The number of allylic oxidation sites excluding steroid dienone is 4. The van der Waals surface area contributed by atoms with Crippen molar-refractivity contribution in [3.05, 3.63) is 22.9 Å². The molecular formula is C15H15F3N4OS. The minimum Gasteiger partial charge on any atom is -0.347 e. The fourth-order valence-electron chi connectivity index (χ4n) is 3.33. The summed E-state index contributed by atoms with van der Waals surface area (Å²) in [6, 6.07) is 1.61. The number of piperidine rings is 1. The second kappa shape index (κ2) is 5.86. The summed E-state index contributed by atoms with van der Waals surface area (Å²) in [7, 11) is 0. The van der Waals surface area contributed by atoms with Gasteiger partial charge in [0.25, 0.3) is 5.91 Å². The molecule has 9 heteroatoms. The van der Waals surface area contributed by atoms with Gasteiger partial charge in [-0.25, -0.2) is 0 Å². The number of amides is 1. The minimum absolute atomic E-state index is 0.0574. The third-order valence-electron chi connectivity index (χ3n) is 4.61. The molecule has 128 valence electrons. The molecule has 2 fully saturated rings. The van der Waals surface area contributed by atoms with Gasteiger partial charge in [0, 0.05) is 11.3 Å². The van der Waals surface area contributed by atoms with Crippen LogP contribution in [0, 0.1) is 11.3 Å². The van der Waals surface area contributed by atoms with Crippen LogP contribution in [-0.2, 0) is 4.79 Å². The highest BCUT2D eigenvalue weighted by Crippen LogP contribution is 2.38. The van der Waals surface area contributed by atoms with E-state index in [1.807, 2.05) is 0 Å². The van der Waals surface area contributed by atoms with Gasteiger partial charge in [0.05, 0.1) is 11.6 Å². The van der Waals surface area contributed by atoms with E-state index >= 15 is 0 Å². The van der Waals surface area contributed by atoms with E-state index in [1.54, 1.807) is 6.07 Å². The number of nitriles is 1. The number of hydrogen-bond donors (Lipinski definition) is 2. The maximum absolute atomic E-state index is 13.2. The van der Waals surface area contributed by atoms with E-state index in [2.05, 4.69) is 10.6 Å². The number of rotatable bonds is 1. The van der Waals surface area contributed by atoms with E-state index in [-0.39, 0.29) is 35.1 Å². The van der Waals surface area contributed by atoms with Crippen LogP contribution in [0.4, 0.5) is 13.2 Å². The molecule has 0 unspecified atom stereocenters. The number of nitrogens with zero attached hydrogens (tertiary/aromatic N) is 2. The Morgan fingerprint density at radius 3 is 2.54 bits per heavy atom. The molecule has 3 aliphatic rings. The highest BCUT2D eigenvalue weighted by Gasteiger charge is 2.51. The lowest BCUT2D eigenvalue weighted by atomic mass is 9.88. The lowest BCUT2D eigenvalue weighted by Crippen LogP contribution is -2.53. The number of carbonyl (C=O) groups excluding carboxylic acids is 1. The van der Waals surface area contributed by atoms with Crippen LogP contribution in [0.25, 0.3) is 0 Å². The van der Waals surface area contributed by atoms with Crippen LogP contribution in [-0.4, -0.2) is 40.7 Å². The molecule has 0 aromatic heterocycles. The zero-order valence-electron chi connectivity index (χ0n) is 12.7. The van der Waals surface area contributed by atoms with Crippen molar-refractivity contribution >= 4 is 23.2 Å². The van der Waals surface area contributed by atoms with Gasteiger partial charge in [0.15, 0.2) is 5.11 Å². The average Bonchev–Trinajstić information content (AvgIpc) is 2.77. The van der Waals surface area contributed by atoms with Crippen molar-refractivity contribution in [2.45, 2.75) is 37.4 Å². The van der Waals surface area contributed by atoms with Crippen LogP contribution in [0.3, 0.4) is 0 Å². The molecule has 2 aliphatic heterocycles. The Kier molecular flexibility index (Phi) is 4.13. The molecule has 0 radical (unpaired) electrons. The van der Waals surface area contributed by atoms with Crippen LogP contribution in [0.15, 0.2) is 22.9 Å². The van der Waals surface area contributed by atoms with Crippen molar-refractivity contribution in [3.8, 4) is 6.07 Å². The molecule has 1 spiro atoms. The SMILES string of the molecule is N#CC1=C(C(F)(F)F)C=C(N2C(=O)C3(CCNCC3)NC2=S)CC1. The normalized spacial score (nSPS) is 24.1. The lowest BCUT2D eigenvalue weighted by molar-refractivity contribution is -0.130. The molecule has 0 atom stereocenters. The summed E-state index contributed by atoms with van der Waals surface area (Å²) in [6.45, 7) is 1.28. The van der Waals surface area contributed by atoms with E-state index in [9.17, 15) is 18.0 Å². The highest BCUT2D eigenvalue weighted by molar-refractivity contribution is 7.80. The molecule has 3 rings (SSSR count). The molecule has 2 saturated heterocycles. The standard InChI is InChI=1S/C15H15F3N4OS/c16-15(17,18)11-7-10(2-1-9(11)8-19)22-12(23)14(21-13(22)24)3-5-20-6-4-14/h7,20H,1-6H2,(H,21,24). The van der Waals surface area contributed by atoms with E-state index in [0.29, 0.717) is 25.9 Å². The Balaban J connectivity index is 1.96. The van der Waals surface area contributed by atoms with Crippen LogP contribution >= 0.6 is 12.2 Å². The molecule has 24 heavy (non-hydrogen) atoms. The van der Waals surface area contributed by atoms with E-state index in [0.717, 1.165) is 6.08 Å². The average molecular weight is 356 g/mol. The van der Waals surface area contributed by atoms with Crippen molar-refractivity contribution in [1.82, 2.24) is 15.5 Å². The summed E-state index contributed by atoms with van der Waals surface area (Å²) >= 11 is 5.21. The van der Waals surface area contributed by atoms with Gasteiger partial charge < -0.3 is 10.6 Å². The first kappa shape index (κ1) is 16.9. The zero-order chi connectivity index (χ0) is 17.5. The van der Waals surface area contributed by atoms with Crippen LogP contribution in [0.5, 0.6) is 0 Å². The molecule has 0 saturated carbocycles. The quantitative estimate of drug-likeness (QED) is 0.703. The summed E-state index contributed by atoms with van der Waals surface area (Å²) in [5.41, 5.74) is -1.94. The van der Waals surface area contributed by atoms with Gasteiger partial charge >= 0.3 is 6.18 Å². The summed E-state index contributed by atoms with van der Waals surface area (Å²) in [4.78, 5) is 14.0. The van der Waals surface area contributed by atoms with Gasteiger partial charge in [-0.1, -0.05) is 0 Å². The van der Waals surface area contributed by atoms with Crippen LogP contribution < -0.4 is 10.6 Å². The third-order valence-corrected chi connectivity index (χ3v) is 4.90. The fourth-order valence-corrected chi connectivity index (χ4v) is 3.73. The first-order valence-corrected chi connectivity index (χ1v) is 7.98. The highest BCUT2D eigenvalue weighted by atomic mass is 32.1. The third kappa shape index (κ3) is 2.70. The second-order valence-electron chi connectivity index (χ2n) is 6.04. The van der Waals surface area contributed by atoms with E-state index < -0.39 is 17.3 Å². The van der Waals surface area contributed by atoms with E-state index in [4.69, 9.17) is 17.5 Å².